The number of aliphatic hydroxyl groups excluding tert-OH is 1. The standard InChI is InChI=1S/C7H11NO2/c1-5-2-6(3-8)7(4-9)10-5/h5-7,9H,2,4H2,1H3/t5?,6-,7+/m0/s1. The third-order valence-electron chi connectivity index (χ3n) is 1.79. The summed E-state index contributed by atoms with van der Waals surface area (Å²) < 4.78 is 5.24. The van der Waals surface area contributed by atoms with Gasteiger partial charge in [0.15, 0.2) is 0 Å². The van der Waals surface area contributed by atoms with Crippen molar-refractivity contribution >= 4 is 0 Å². The third-order valence-corrected chi connectivity index (χ3v) is 1.79. The zero-order chi connectivity index (χ0) is 7.56. The summed E-state index contributed by atoms with van der Waals surface area (Å²) in [6, 6.07) is 2.11. The fourth-order valence-corrected chi connectivity index (χ4v) is 1.26. The van der Waals surface area contributed by atoms with Crippen LogP contribution in [0.1, 0.15) is 13.3 Å². The lowest BCUT2D eigenvalue weighted by atomic mass is 10.0. The largest absolute Gasteiger partial charge is 0.394 e. The van der Waals surface area contributed by atoms with Crippen LogP contribution in [-0.2, 0) is 4.74 Å². The molecular formula is C7H11NO2. The predicted molar refractivity (Wildman–Crippen MR) is 35.1 cm³/mol. The van der Waals surface area contributed by atoms with Gasteiger partial charge in [-0.25, -0.2) is 0 Å². The molecule has 1 heterocycles. The fraction of sp³-hybridized carbons (Fsp3) is 0.857. The first-order valence-electron chi connectivity index (χ1n) is 3.44. The Labute approximate surface area is 60.2 Å². The van der Waals surface area contributed by atoms with Gasteiger partial charge in [0.2, 0.25) is 0 Å². The lowest BCUT2D eigenvalue weighted by molar-refractivity contribution is 0.0126. The van der Waals surface area contributed by atoms with Crippen LogP contribution >= 0.6 is 0 Å². The Morgan fingerprint density at radius 2 is 2.50 bits per heavy atom. The zero-order valence-electron chi connectivity index (χ0n) is 5.95. The first-order valence-corrected chi connectivity index (χ1v) is 3.44. The maximum atomic E-state index is 8.71. The molecule has 1 aliphatic rings. The number of nitriles is 1. The molecule has 0 aliphatic carbocycles. The van der Waals surface area contributed by atoms with Gasteiger partial charge < -0.3 is 9.84 Å². The normalized spacial score (nSPS) is 39.5. The molecule has 3 heteroatoms. The van der Waals surface area contributed by atoms with Crippen molar-refractivity contribution in [3.63, 3.8) is 0 Å². The molecule has 1 fully saturated rings. The summed E-state index contributed by atoms with van der Waals surface area (Å²) in [7, 11) is 0. The highest BCUT2D eigenvalue weighted by atomic mass is 16.5. The van der Waals surface area contributed by atoms with Crippen molar-refractivity contribution in [3.05, 3.63) is 0 Å². The molecule has 0 amide bonds. The lowest BCUT2D eigenvalue weighted by Crippen LogP contribution is -2.19. The van der Waals surface area contributed by atoms with Gasteiger partial charge in [-0.1, -0.05) is 0 Å². The van der Waals surface area contributed by atoms with E-state index in [-0.39, 0.29) is 24.7 Å². The minimum absolute atomic E-state index is 0.0391. The van der Waals surface area contributed by atoms with E-state index in [0.717, 1.165) is 6.42 Å². The SMILES string of the molecule is CC1C[C@@H](C#N)[C@@H](CO)O1. The van der Waals surface area contributed by atoms with Crippen molar-refractivity contribution < 1.29 is 9.84 Å². The summed E-state index contributed by atoms with van der Waals surface area (Å²) in [4.78, 5) is 0. The van der Waals surface area contributed by atoms with Gasteiger partial charge in [-0.15, -0.1) is 0 Å². The predicted octanol–water partition coefficient (Wildman–Crippen LogP) is 0.296. The van der Waals surface area contributed by atoms with Crippen molar-refractivity contribution in [2.24, 2.45) is 5.92 Å². The first kappa shape index (κ1) is 7.52. The molecule has 0 radical (unpaired) electrons. The Morgan fingerprint density at radius 1 is 1.80 bits per heavy atom. The van der Waals surface area contributed by atoms with E-state index in [1.54, 1.807) is 0 Å². The van der Waals surface area contributed by atoms with Gasteiger partial charge in [0.1, 0.15) is 0 Å². The van der Waals surface area contributed by atoms with Crippen LogP contribution in [0.15, 0.2) is 0 Å². The molecular weight excluding hydrogens is 130 g/mol. The van der Waals surface area contributed by atoms with Crippen LogP contribution in [0.3, 0.4) is 0 Å². The quantitative estimate of drug-likeness (QED) is 0.571. The average Bonchev–Trinajstić information content (AvgIpc) is 2.30. The summed E-state index contributed by atoms with van der Waals surface area (Å²) in [6.07, 6.45) is 0.628. The van der Waals surface area contributed by atoms with Gasteiger partial charge in [-0.2, -0.15) is 5.26 Å². The highest BCUT2D eigenvalue weighted by molar-refractivity contribution is 4.94. The molecule has 10 heavy (non-hydrogen) atoms. The van der Waals surface area contributed by atoms with Crippen molar-refractivity contribution in [3.8, 4) is 6.07 Å². The van der Waals surface area contributed by atoms with Gasteiger partial charge in [-0.3, -0.25) is 0 Å². The summed E-state index contributed by atoms with van der Waals surface area (Å²) in [5, 5.41) is 17.3. The average molecular weight is 141 g/mol. The zero-order valence-corrected chi connectivity index (χ0v) is 5.95. The Hall–Kier alpha value is -0.590. The van der Waals surface area contributed by atoms with Gasteiger partial charge in [0.25, 0.3) is 0 Å². The van der Waals surface area contributed by atoms with Crippen LogP contribution in [0.5, 0.6) is 0 Å². The summed E-state index contributed by atoms with van der Waals surface area (Å²) in [5.41, 5.74) is 0. The number of hydrogen-bond acceptors (Lipinski definition) is 3. The van der Waals surface area contributed by atoms with E-state index in [9.17, 15) is 0 Å². The molecule has 1 unspecified atom stereocenters. The fourth-order valence-electron chi connectivity index (χ4n) is 1.26. The monoisotopic (exact) mass is 141 g/mol. The summed E-state index contributed by atoms with van der Waals surface area (Å²) >= 11 is 0. The molecule has 0 aromatic heterocycles. The molecule has 0 spiro atoms. The molecule has 1 aliphatic heterocycles. The van der Waals surface area contributed by atoms with E-state index in [4.69, 9.17) is 15.1 Å². The smallest absolute Gasteiger partial charge is 0.0968 e. The summed E-state index contributed by atoms with van der Waals surface area (Å²) in [5.74, 6) is -0.111. The minimum atomic E-state index is -0.250. The Morgan fingerprint density at radius 3 is 2.90 bits per heavy atom. The van der Waals surface area contributed by atoms with E-state index < -0.39 is 0 Å². The lowest BCUT2D eigenvalue weighted by Gasteiger charge is -2.07. The third kappa shape index (κ3) is 1.28. The minimum Gasteiger partial charge on any atom is -0.394 e. The molecule has 1 N–H and O–H groups in total. The molecule has 56 valence electrons. The first-order chi connectivity index (χ1) is 4.77. The van der Waals surface area contributed by atoms with Crippen LogP contribution in [-0.4, -0.2) is 23.9 Å². The molecule has 0 aromatic carbocycles. The number of rotatable bonds is 1. The molecule has 1 rings (SSSR count). The molecule has 3 atom stereocenters. The van der Waals surface area contributed by atoms with Crippen LogP contribution in [0, 0.1) is 17.2 Å². The number of aliphatic hydroxyl groups is 1. The Balaban J connectivity index is 2.51. The van der Waals surface area contributed by atoms with Crippen molar-refractivity contribution in [2.45, 2.75) is 25.6 Å². The second-order valence-corrected chi connectivity index (χ2v) is 2.64. The van der Waals surface area contributed by atoms with E-state index in [1.807, 2.05) is 6.92 Å². The molecule has 0 bridgehead atoms. The Kier molecular flexibility index (Phi) is 2.25. The molecule has 0 aromatic rings. The molecule has 1 saturated heterocycles. The van der Waals surface area contributed by atoms with E-state index in [0.29, 0.717) is 0 Å². The van der Waals surface area contributed by atoms with Gasteiger partial charge in [-0.05, 0) is 13.3 Å². The van der Waals surface area contributed by atoms with E-state index in [2.05, 4.69) is 6.07 Å². The topological polar surface area (TPSA) is 53.2 Å². The highest BCUT2D eigenvalue weighted by Gasteiger charge is 2.31. The number of nitrogens with zero attached hydrogens (tertiary/aromatic N) is 1. The molecule has 3 nitrogen and oxygen atoms in total. The second-order valence-electron chi connectivity index (χ2n) is 2.64. The van der Waals surface area contributed by atoms with E-state index >= 15 is 0 Å². The van der Waals surface area contributed by atoms with Crippen LogP contribution in [0.4, 0.5) is 0 Å². The Bertz CT molecular complexity index is 152. The van der Waals surface area contributed by atoms with Crippen LogP contribution in [0.2, 0.25) is 0 Å². The van der Waals surface area contributed by atoms with Crippen LogP contribution in [0.25, 0.3) is 0 Å². The summed E-state index contributed by atoms with van der Waals surface area (Å²) in [6.45, 7) is 1.88. The van der Waals surface area contributed by atoms with Gasteiger partial charge in [0.05, 0.1) is 30.8 Å². The number of ether oxygens (including phenoxy) is 1. The maximum Gasteiger partial charge on any atom is 0.0968 e. The van der Waals surface area contributed by atoms with Crippen molar-refractivity contribution in [2.75, 3.05) is 6.61 Å². The highest BCUT2D eigenvalue weighted by Crippen LogP contribution is 2.24. The molecule has 0 saturated carbocycles. The van der Waals surface area contributed by atoms with Gasteiger partial charge in [0, 0.05) is 0 Å². The van der Waals surface area contributed by atoms with Crippen molar-refractivity contribution in [1.29, 1.82) is 5.26 Å². The maximum absolute atomic E-state index is 8.71. The second kappa shape index (κ2) is 3.00. The van der Waals surface area contributed by atoms with Crippen LogP contribution < -0.4 is 0 Å². The van der Waals surface area contributed by atoms with Gasteiger partial charge >= 0.3 is 0 Å². The van der Waals surface area contributed by atoms with E-state index in [1.165, 1.54) is 0 Å². The number of hydrogen-bond donors (Lipinski definition) is 1. The van der Waals surface area contributed by atoms with Crippen molar-refractivity contribution in [1.82, 2.24) is 0 Å².